The Morgan fingerprint density at radius 3 is 2.52 bits per heavy atom. The van der Waals surface area contributed by atoms with Gasteiger partial charge in [0, 0.05) is 10.5 Å². The largest absolute Gasteiger partial charge is 0.478 e. The fraction of sp³-hybridized carbons (Fsp3) is 0.385. The standard InChI is InChI=1S/C13H16BrNO5S/c1-3-8(2)15-12(16)7-21(19,20)11-6-9(13(17)18)4-5-10(11)14/h4-6,8H,3,7H2,1-2H3,(H,15,16)(H,17,18). The predicted molar refractivity (Wildman–Crippen MR) is 81.0 cm³/mol. The summed E-state index contributed by atoms with van der Waals surface area (Å²) < 4.78 is 24.7. The van der Waals surface area contributed by atoms with Crippen LogP contribution in [-0.4, -0.2) is 37.2 Å². The zero-order chi connectivity index (χ0) is 16.2. The van der Waals surface area contributed by atoms with E-state index in [-0.39, 0.29) is 21.0 Å². The second kappa shape index (κ2) is 7.04. The van der Waals surface area contributed by atoms with Crippen LogP contribution in [0.3, 0.4) is 0 Å². The lowest BCUT2D eigenvalue weighted by Crippen LogP contribution is -2.36. The molecule has 2 N–H and O–H groups in total. The Bertz CT molecular complexity index is 657. The summed E-state index contributed by atoms with van der Waals surface area (Å²) in [6.45, 7) is 3.64. The highest BCUT2D eigenvalue weighted by Gasteiger charge is 2.23. The van der Waals surface area contributed by atoms with Gasteiger partial charge in [-0.2, -0.15) is 0 Å². The molecule has 0 saturated carbocycles. The molecule has 0 aliphatic carbocycles. The smallest absolute Gasteiger partial charge is 0.335 e. The van der Waals surface area contributed by atoms with Crippen LogP contribution in [0.5, 0.6) is 0 Å². The summed E-state index contributed by atoms with van der Waals surface area (Å²) in [5, 5.41) is 11.5. The van der Waals surface area contributed by atoms with Gasteiger partial charge in [-0.05, 0) is 47.5 Å². The number of carboxylic acid groups (broad SMARTS) is 1. The van der Waals surface area contributed by atoms with E-state index in [0.717, 1.165) is 6.07 Å². The molecule has 116 valence electrons. The third-order valence-electron chi connectivity index (χ3n) is 2.85. The van der Waals surface area contributed by atoms with Crippen LogP contribution in [0.4, 0.5) is 0 Å². The molecular weight excluding hydrogens is 362 g/mol. The molecule has 0 saturated heterocycles. The first-order chi connectivity index (χ1) is 9.67. The quantitative estimate of drug-likeness (QED) is 0.787. The fourth-order valence-electron chi connectivity index (χ4n) is 1.54. The monoisotopic (exact) mass is 377 g/mol. The molecule has 1 atom stereocenters. The molecule has 0 spiro atoms. The fourth-order valence-corrected chi connectivity index (χ4v) is 3.79. The minimum Gasteiger partial charge on any atom is -0.478 e. The van der Waals surface area contributed by atoms with Crippen molar-refractivity contribution < 1.29 is 23.1 Å². The van der Waals surface area contributed by atoms with Crippen LogP contribution in [0.15, 0.2) is 27.6 Å². The lowest BCUT2D eigenvalue weighted by molar-refractivity contribution is -0.119. The van der Waals surface area contributed by atoms with E-state index in [1.165, 1.54) is 12.1 Å². The van der Waals surface area contributed by atoms with Gasteiger partial charge in [0.15, 0.2) is 9.84 Å². The molecule has 6 nitrogen and oxygen atoms in total. The number of rotatable bonds is 6. The predicted octanol–water partition coefficient (Wildman–Crippen LogP) is 1.84. The normalized spacial score (nSPS) is 12.7. The molecule has 0 heterocycles. The van der Waals surface area contributed by atoms with Crippen molar-refractivity contribution in [3.05, 3.63) is 28.2 Å². The number of aromatic carboxylic acids is 1. The summed E-state index contributed by atoms with van der Waals surface area (Å²) in [7, 11) is -3.92. The molecule has 1 aromatic rings. The van der Waals surface area contributed by atoms with Gasteiger partial charge in [-0.25, -0.2) is 13.2 Å². The number of amides is 1. The molecule has 1 aromatic carbocycles. The van der Waals surface area contributed by atoms with Crippen molar-refractivity contribution in [2.75, 3.05) is 5.75 Å². The molecule has 1 rings (SSSR count). The molecule has 1 amide bonds. The van der Waals surface area contributed by atoms with Crippen molar-refractivity contribution in [3.63, 3.8) is 0 Å². The maximum Gasteiger partial charge on any atom is 0.335 e. The van der Waals surface area contributed by atoms with Gasteiger partial charge >= 0.3 is 5.97 Å². The molecule has 8 heteroatoms. The number of hydrogen-bond acceptors (Lipinski definition) is 4. The zero-order valence-corrected chi connectivity index (χ0v) is 14.0. The van der Waals surface area contributed by atoms with E-state index in [1.807, 2.05) is 6.92 Å². The lowest BCUT2D eigenvalue weighted by Gasteiger charge is -2.12. The Labute approximate surface area is 131 Å². The first-order valence-corrected chi connectivity index (χ1v) is 8.67. The maximum absolute atomic E-state index is 12.2. The van der Waals surface area contributed by atoms with Crippen LogP contribution in [0, 0.1) is 0 Å². The van der Waals surface area contributed by atoms with Crippen molar-refractivity contribution >= 4 is 37.6 Å². The van der Waals surface area contributed by atoms with E-state index in [1.54, 1.807) is 6.92 Å². The first-order valence-electron chi connectivity index (χ1n) is 6.22. The topological polar surface area (TPSA) is 101 Å². The van der Waals surface area contributed by atoms with E-state index in [0.29, 0.717) is 6.42 Å². The molecule has 0 radical (unpaired) electrons. The third kappa shape index (κ3) is 4.82. The van der Waals surface area contributed by atoms with Gasteiger partial charge in [0.1, 0.15) is 5.75 Å². The Kier molecular flexibility index (Phi) is 5.91. The van der Waals surface area contributed by atoms with Gasteiger partial charge in [0.05, 0.1) is 10.5 Å². The minimum absolute atomic E-state index is 0.124. The summed E-state index contributed by atoms with van der Waals surface area (Å²) in [5.41, 5.74) is -0.154. The SMILES string of the molecule is CCC(C)NC(=O)CS(=O)(=O)c1cc(C(=O)O)ccc1Br. The van der Waals surface area contributed by atoms with Crippen molar-refractivity contribution in [1.82, 2.24) is 5.32 Å². The molecule has 1 unspecified atom stereocenters. The Balaban J connectivity index is 3.05. The first kappa shape index (κ1) is 17.6. The van der Waals surface area contributed by atoms with Gasteiger partial charge in [0.25, 0.3) is 0 Å². The number of nitrogens with one attached hydrogen (secondary N) is 1. The molecule has 0 aromatic heterocycles. The molecular formula is C13H16BrNO5S. The number of sulfone groups is 1. The summed E-state index contributed by atoms with van der Waals surface area (Å²) in [6, 6.07) is 3.53. The van der Waals surface area contributed by atoms with Crippen LogP contribution in [0.2, 0.25) is 0 Å². The summed E-state index contributed by atoms with van der Waals surface area (Å²) in [4.78, 5) is 22.4. The second-order valence-corrected chi connectivity index (χ2v) is 7.40. The zero-order valence-electron chi connectivity index (χ0n) is 11.6. The average Bonchev–Trinajstić information content (AvgIpc) is 2.37. The number of hydrogen-bond donors (Lipinski definition) is 2. The summed E-state index contributed by atoms with van der Waals surface area (Å²) in [5.74, 6) is -2.57. The lowest BCUT2D eigenvalue weighted by atomic mass is 10.2. The van der Waals surface area contributed by atoms with E-state index in [2.05, 4.69) is 21.2 Å². The Morgan fingerprint density at radius 1 is 1.38 bits per heavy atom. The van der Waals surface area contributed by atoms with Crippen molar-refractivity contribution in [1.29, 1.82) is 0 Å². The van der Waals surface area contributed by atoms with Gasteiger partial charge in [-0.3, -0.25) is 4.79 Å². The van der Waals surface area contributed by atoms with E-state index < -0.39 is 27.5 Å². The number of halogens is 1. The van der Waals surface area contributed by atoms with Crippen molar-refractivity contribution in [2.45, 2.75) is 31.2 Å². The average molecular weight is 378 g/mol. The molecule has 0 bridgehead atoms. The van der Waals surface area contributed by atoms with Crippen LogP contribution in [-0.2, 0) is 14.6 Å². The third-order valence-corrected chi connectivity index (χ3v) is 5.46. The Morgan fingerprint density at radius 2 is 2.00 bits per heavy atom. The van der Waals surface area contributed by atoms with E-state index >= 15 is 0 Å². The van der Waals surface area contributed by atoms with Crippen molar-refractivity contribution in [3.8, 4) is 0 Å². The highest BCUT2D eigenvalue weighted by atomic mass is 79.9. The van der Waals surface area contributed by atoms with Crippen LogP contribution in [0.25, 0.3) is 0 Å². The van der Waals surface area contributed by atoms with Crippen LogP contribution in [0.1, 0.15) is 30.6 Å². The van der Waals surface area contributed by atoms with Gasteiger partial charge in [-0.15, -0.1) is 0 Å². The van der Waals surface area contributed by atoms with Crippen LogP contribution >= 0.6 is 15.9 Å². The number of carbonyl (C=O) groups excluding carboxylic acids is 1. The second-order valence-electron chi connectivity index (χ2n) is 4.59. The van der Waals surface area contributed by atoms with Crippen LogP contribution < -0.4 is 5.32 Å². The highest BCUT2D eigenvalue weighted by molar-refractivity contribution is 9.10. The molecule has 0 aliphatic heterocycles. The minimum atomic E-state index is -3.92. The van der Waals surface area contributed by atoms with Crippen molar-refractivity contribution in [2.24, 2.45) is 0 Å². The number of carbonyl (C=O) groups is 2. The molecule has 21 heavy (non-hydrogen) atoms. The molecule has 0 aliphatic rings. The Hall–Kier alpha value is -1.41. The molecule has 0 fully saturated rings. The van der Waals surface area contributed by atoms with Gasteiger partial charge in [-0.1, -0.05) is 6.92 Å². The number of carboxylic acids is 1. The highest BCUT2D eigenvalue weighted by Crippen LogP contribution is 2.24. The number of benzene rings is 1. The maximum atomic E-state index is 12.2. The van der Waals surface area contributed by atoms with E-state index in [9.17, 15) is 18.0 Å². The van der Waals surface area contributed by atoms with Gasteiger partial charge < -0.3 is 10.4 Å². The summed E-state index contributed by atoms with van der Waals surface area (Å²) >= 11 is 3.07. The van der Waals surface area contributed by atoms with Gasteiger partial charge in [0.2, 0.25) is 5.91 Å². The van der Waals surface area contributed by atoms with E-state index in [4.69, 9.17) is 5.11 Å². The summed E-state index contributed by atoms with van der Waals surface area (Å²) in [6.07, 6.45) is 0.685.